The molecule has 1 unspecified atom stereocenters. The zero-order valence-electron chi connectivity index (χ0n) is 11.1. The second kappa shape index (κ2) is 6.16. The molecule has 0 bridgehead atoms. The van der Waals surface area contributed by atoms with E-state index in [2.05, 4.69) is 5.32 Å². The number of para-hydroxylation sites is 1. The van der Waals surface area contributed by atoms with Gasteiger partial charge in [0.25, 0.3) is 0 Å². The molecule has 0 aliphatic carbocycles. The lowest BCUT2D eigenvalue weighted by molar-refractivity contribution is 0.0955. The zero-order valence-corrected chi connectivity index (χ0v) is 11.1. The molecule has 2 aromatic carbocycles. The molecule has 1 atom stereocenters. The predicted molar refractivity (Wildman–Crippen MR) is 75.8 cm³/mol. The molecule has 3 nitrogen and oxygen atoms in total. The third-order valence-electron chi connectivity index (χ3n) is 2.94. The fraction of sp³-hybridized carbons (Fsp3) is 0.188. The first kappa shape index (κ1) is 13.3. The molecule has 0 saturated carbocycles. The fourth-order valence-electron chi connectivity index (χ4n) is 1.69. The number of Topliss-reactive ketones (excluding diaryl/α,β-unsaturated/α-hetero) is 1. The Balaban J connectivity index is 2.09. The number of ether oxygens (including phenoxy) is 1. The maximum atomic E-state index is 11.9. The molecular formula is C16H17NO2. The summed E-state index contributed by atoms with van der Waals surface area (Å²) in [5.74, 6) is 1.58. The van der Waals surface area contributed by atoms with Crippen molar-refractivity contribution in [2.45, 2.75) is 13.0 Å². The first-order chi connectivity index (χ1) is 9.20. The van der Waals surface area contributed by atoms with Crippen molar-refractivity contribution in [3.8, 4) is 11.5 Å². The molecule has 0 amide bonds. The van der Waals surface area contributed by atoms with Crippen LogP contribution in [0.2, 0.25) is 0 Å². The predicted octanol–water partition coefficient (Wildman–Crippen LogP) is 3.27. The highest BCUT2D eigenvalue weighted by Gasteiger charge is 2.12. The van der Waals surface area contributed by atoms with Crippen molar-refractivity contribution in [3.05, 3.63) is 60.2 Å². The summed E-state index contributed by atoms with van der Waals surface area (Å²) in [7, 11) is 1.77. The van der Waals surface area contributed by atoms with E-state index in [0.29, 0.717) is 5.56 Å². The number of carbonyl (C=O) groups is 1. The van der Waals surface area contributed by atoms with E-state index in [-0.39, 0.29) is 11.8 Å². The van der Waals surface area contributed by atoms with E-state index in [1.54, 1.807) is 19.2 Å². The molecule has 0 aromatic heterocycles. The van der Waals surface area contributed by atoms with Crippen molar-refractivity contribution in [1.29, 1.82) is 0 Å². The van der Waals surface area contributed by atoms with Gasteiger partial charge in [-0.25, -0.2) is 0 Å². The molecule has 98 valence electrons. The standard InChI is InChI=1S/C16H17NO2/c1-12(17-2)16(18)13-8-10-15(11-9-13)19-14-6-4-3-5-7-14/h3-12,17H,1-2H3. The number of hydrogen-bond acceptors (Lipinski definition) is 3. The fourth-order valence-corrected chi connectivity index (χ4v) is 1.69. The van der Waals surface area contributed by atoms with Crippen LogP contribution in [0.3, 0.4) is 0 Å². The largest absolute Gasteiger partial charge is 0.457 e. The molecule has 2 aromatic rings. The highest BCUT2D eigenvalue weighted by molar-refractivity contribution is 5.99. The van der Waals surface area contributed by atoms with Gasteiger partial charge in [0.2, 0.25) is 0 Å². The van der Waals surface area contributed by atoms with Crippen molar-refractivity contribution >= 4 is 5.78 Å². The summed E-state index contributed by atoms with van der Waals surface area (Å²) in [6.07, 6.45) is 0. The minimum atomic E-state index is -0.180. The molecule has 0 fully saturated rings. The number of nitrogens with one attached hydrogen (secondary N) is 1. The molecule has 1 N–H and O–H groups in total. The van der Waals surface area contributed by atoms with Crippen molar-refractivity contribution in [1.82, 2.24) is 5.32 Å². The lowest BCUT2D eigenvalue weighted by Gasteiger charge is -2.10. The first-order valence-electron chi connectivity index (χ1n) is 6.25. The SMILES string of the molecule is CNC(C)C(=O)c1ccc(Oc2ccccc2)cc1. The Bertz CT molecular complexity index is 534. The van der Waals surface area contributed by atoms with E-state index < -0.39 is 0 Å². The monoisotopic (exact) mass is 255 g/mol. The number of rotatable bonds is 5. The van der Waals surface area contributed by atoms with Crippen LogP contribution in [0.15, 0.2) is 54.6 Å². The normalized spacial score (nSPS) is 11.9. The van der Waals surface area contributed by atoms with Gasteiger partial charge in [-0.2, -0.15) is 0 Å². The summed E-state index contributed by atoms with van der Waals surface area (Å²) in [6.45, 7) is 1.84. The van der Waals surface area contributed by atoms with E-state index in [0.717, 1.165) is 11.5 Å². The lowest BCUT2D eigenvalue weighted by atomic mass is 10.1. The van der Waals surface area contributed by atoms with Gasteiger partial charge in [0, 0.05) is 5.56 Å². The van der Waals surface area contributed by atoms with Crippen molar-refractivity contribution in [2.24, 2.45) is 0 Å². The van der Waals surface area contributed by atoms with Gasteiger partial charge in [-0.05, 0) is 50.4 Å². The summed E-state index contributed by atoms with van der Waals surface area (Å²) in [5, 5.41) is 2.94. The Morgan fingerprint density at radius 2 is 1.58 bits per heavy atom. The third kappa shape index (κ3) is 3.42. The van der Waals surface area contributed by atoms with Crippen molar-refractivity contribution in [3.63, 3.8) is 0 Å². The van der Waals surface area contributed by atoms with Crippen LogP contribution in [0.25, 0.3) is 0 Å². The summed E-state index contributed by atoms with van der Waals surface area (Å²) in [6, 6.07) is 16.6. The Labute approximate surface area is 113 Å². The highest BCUT2D eigenvalue weighted by atomic mass is 16.5. The second-order valence-electron chi connectivity index (χ2n) is 4.31. The van der Waals surface area contributed by atoms with Crippen LogP contribution in [0, 0.1) is 0 Å². The second-order valence-corrected chi connectivity index (χ2v) is 4.31. The first-order valence-corrected chi connectivity index (χ1v) is 6.25. The molecule has 2 rings (SSSR count). The van der Waals surface area contributed by atoms with Crippen LogP contribution in [-0.4, -0.2) is 18.9 Å². The topological polar surface area (TPSA) is 38.3 Å². The molecule has 0 aliphatic rings. The molecule has 19 heavy (non-hydrogen) atoms. The van der Waals surface area contributed by atoms with Crippen LogP contribution in [0.4, 0.5) is 0 Å². The number of benzene rings is 2. The Morgan fingerprint density at radius 3 is 2.16 bits per heavy atom. The smallest absolute Gasteiger partial charge is 0.179 e. The minimum Gasteiger partial charge on any atom is -0.457 e. The number of hydrogen-bond donors (Lipinski definition) is 1. The van der Waals surface area contributed by atoms with Gasteiger partial charge in [-0.15, -0.1) is 0 Å². The maximum absolute atomic E-state index is 11.9. The average molecular weight is 255 g/mol. The Morgan fingerprint density at radius 1 is 1.00 bits per heavy atom. The van der Waals surface area contributed by atoms with Gasteiger partial charge in [-0.1, -0.05) is 18.2 Å². The van der Waals surface area contributed by atoms with Gasteiger partial charge < -0.3 is 10.1 Å². The molecular weight excluding hydrogens is 238 g/mol. The van der Waals surface area contributed by atoms with E-state index in [4.69, 9.17) is 4.74 Å². The van der Waals surface area contributed by atoms with E-state index in [1.807, 2.05) is 49.4 Å². The van der Waals surface area contributed by atoms with Gasteiger partial charge in [0.15, 0.2) is 5.78 Å². The van der Waals surface area contributed by atoms with Gasteiger partial charge in [-0.3, -0.25) is 4.79 Å². The van der Waals surface area contributed by atoms with E-state index in [1.165, 1.54) is 0 Å². The van der Waals surface area contributed by atoms with Gasteiger partial charge in [0.1, 0.15) is 11.5 Å². The van der Waals surface area contributed by atoms with Crippen LogP contribution in [-0.2, 0) is 0 Å². The van der Waals surface area contributed by atoms with Gasteiger partial charge in [0.05, 0.1) is 6.04 Å². The van der Waals surface area contributed by atoms with Crippen LogP contribution < -0.4 is 10.1 Å². The summed E-state index contributed by atoms with van der Waals surface area (Å²) >= 11 is 0. The lowest BCUT2D eigenvalue weighted by Crippen LogP contribution is -2.30. The average Bonchev–Trinajstić information content (AvgIpc) is 2.47. The van der Waals surface area contributed by atoms with E-state index >= 15 is 0 Å². The number of ketones is 1. The molecule has 0 saturated heterocycles. The quantitative estimate of drug-likeness (QED) is 0.833. The van der Waals surface area contributed by atoms with Gasteiger partial charge >= 0.3 is 0 Å². The van der Waals surface area contributed by atoms with Crippen LogP contribution >= 0.6 is 0 Å². The summed E-state index contributed by atoms with van der Waals surface area (Å²) in [5.41, 5.74) is 0.683. The third-order valence-corrected chi connectivity index (χ3v) is 2.94. The maximum Gasteiger partial charge on any atom is 0.179 e. The van der Waals surface area contributed by atoms with Crippen molar-refractivity contribution < 1.29 is 9.53 Å². The molecule has 3 heteroatoms. The Hall–Kier alpha value is -2.13. The van der Waals surface area contributed by atoms with E-state index in [9.17, 15) is 4.79 Å². The Kier molecular flexibility index (Phi) is 4.31. The van der Waals surface area contributed by atoms with Crippen LogP contribution in [0.5, 0.6) is 11.5 Å². The molecule has 0 radical (unpaired) electrons. The van der Waals surface area contributed by atoms with Crippen LogP contribution in [0.1, 0.15) is 17.3 Å². The highest BCUT2D eigenvalue weighted by Crippen LogP contribution is 2.21. The minimum absolute atomic E-state index is 0.0776. The molecule has 0 heterocycles. The van der Waals surface area contributed by atoms with Crippen molar-refractivity contribution in [2.75, 3.05) is 7.05 Å². The summed E-state index contributed by atoms with van der Waals surface area (Å²) < 4.78 is 5.67. The zero-order chi connectivity index (χ0) is 13.7. The summed E-state index contributed by atoms with van der Waals surface area (Å²) in [4.78, 5) is 11.9. The molecule has 0 aliphatic heterocycles. The molecule has 0 spiro atoms. The number of likely N-dealkylation sites (N-methyl/N-ethyl adjacent to an activating group) is 1. The number of carbonyl (C=O) groups excluding carboxylic acids is 1.